The van der Waals surface area contributed by atoms with Gasteiger partial charge in [-0.05, 0) is 18.6 Å². The van der Waals surface area contributed by atoms with Crippen LogP contribution >= 0.6 is 11.8 Å². The molecule has 0 unspecified atom stereocenters. The van der Waals surface area contributed by atoms with E-state index in [1.807, 2.05) is 18.6 Å². The van der Waals surface area contributed by atoms with Gasteiger partial charge in [-0.3, -0.25) is 4.79 Å². The molecule has 1 amide bonds. The van der Waals surface area contributed by atoms with E-state index in [-0.39, 0.29) is 5.91 Å². The van der Waals surface area contributed by atoms with Crippen molar-refractivity contribution in [2.45, 2.75) is 13.8 Å². The molecule has 0 aliphatic heterocycles. The van der Waals surface area contributed by atoms with Crippen molar-refractivity contribution in [2.75, 3.05) is 6.26 Å². The fourth-order valence-electron chi connectivity index (χ4n) is 0.484. The largest absolute Gasteiger partial charge is 0.330 e. The van der Waals surface area contributed by atoms with Gasteiger partial charge in [0, 0.05) is 12.6 Å². The highest BCUT2D eigenvalue weighted by molar-refractivity contribution is 8.01. The molecule has 0 saturated carbocycles. The summed E-state index contributed by atoms with van der Waals surface area (Å²) in [4.78, 5) is 10.4. The molecule has 52 valence electrons. The number of hydrogen-bond acceptors (Lipinski definition) is 2. The monoisotopic (exact) mass is 145 g/mol. The average molecular weight is 145 g/mol. The summed E-state index contributed by atoms with van der Waals surface area (Å²) in [6.45, 7) is 3.36. The van der Waals surface area contributed by atoms with Gasteiger partial charge in [0.05, 0.1) is 0 Å². The minimum Gasteiger partial charge on any atom is -0.330 e. The molecule has 0 aromatic rings. The number of nitrogens with one attached hydrogen (secondary N) is 1. The lowest BCUT2D eigenvalue weighted by Crippen LogP contribution is -2.16. The van der Waals surface area contributed by atoms with Crippen molar-refractivity contribution in [3.63, 3.8) is 0 Å². The lowest BCUT2D eigenvalue weighted by Gasteiger charge is -1.97. The summed E-state index contributed by atoms with van der Waals surface area (Å²) in [7, 11) is 0. The van der Waals surface area contributed by atoms with Crippen LogP contribution in [0.4, 0.5) is 0 Å². The zero-order valence-electron chi connectivity index (χ0n) is 5.89. The van der Waals surface area contributed by atoms with Gasteiger partial charge in [-0.1, -0.05) is 0 Å². The van der Waals surface area contributed by atoms with Crippen LogP contribution < -0.4 is 5.32 Å². The normalized spacial score (nSPS) is 11.2. The third kappa shape index (κ3) is 5.43. The first-order valence-electron chi connectivity index (χ1n) is 2.64. The Morgan fingerprint density at radius 3 is 2.44 bits per heavy atom. The van der Waals surface area contributed by atoms with Gasteiger partial charge in [-0.25, -0.2) is 0 Å². The molecule has 0 radical (unpaired) electrons. The second-order valence-electron chi connectivity index (χ2n) is 1.72. The molecule has 0 bridgehead atoms. The Bertz CT molecular complexity index is 131. The van der Waals surface area contributed by atoms with Crippen molar-refractivity contribution < 1.29 is 4.79 Å². The van der Waals surface area contributed by atoms with Crippen molar-refractivity contribution in [1.29, 1.82) is 0 Å². The molecule has 0 spiro atoms. The number of carbonyl (C=O) groups excluding carboxylic acids is 1. The number of amides is 1. The van der Waals surface area contributed by atoms with E-state index in [9.17, 15) is 4.79 Å². The smallest absolute Gasteiger partial charge is 0.221 e. The molecule has 9 heavy (non-hydrogen) atoms. The van der Waals surface area contributed by atoms with Crippen LogP contribution in [0, 0.1) is 0 Å². The zero-order chi connectivity index (χ0) is 7.28. The van der Waals surface area contributed by atoms with Gasteiger partial charge in [0.2, 0.25) is 5.91 Å². The van der Waals surface area contributed by atoms with Crippen molar-refractivity contribution in [1.82, 2.24) is 5.32 Å². The van der Waals surface area contributed by atoms with Gasteiger partial charge < -0.3 is 5.32 Å². The average Bonchev–Trinajstić information content (AvgIpc) is 1.63. The number of carbonyl (C=O) groups is 1. The van der Waals surface area contributed by atoms with E-state index >= 15 is 0 Å². The zero-order valence-corrected chi connectivity index (χ0v) is 6.71. The first kappa shape index (κ1) is 8.56. The lowest BCUT2D eigenvalue weighted by molar-refractivity contribution is -0.118. The minimum atomic E-state index is -0.0159. The van der Waals surface area contributed by atoms with Gasteiger partial charge in [0.15, 0.2) is 0 Å². The van der Waals surface area contributed by atoms with Gasteiger partial charge in [0.25, 0.3) is 0 Å². The van der Waals surface area contributed by atoms with E-state index in [1.165, 1.54) is 6.92 Å². The fourth-order valence-corrected chi connectivity index (χ4v) is 0.896. The first-order valence-corrected chi connectivity index (χ1v) is 3.92. The Morgan fingerprint density at radius 1 is 1.56 bits per heavy atom. The first-order chi connectivity index (χ1) is 4.16. The molecule has 0 aromatic heterocycles. The highest BCUT2D eigenvalue weighted by atomic mass is 32.2. The van der Waals surface area contributed by atoms with Gasteiger partial charge in [-0.2, -0.15) is 0 Å². The quantitative estimate of drug-likeness (QED) is 0.635. The van der Waals surface area contributed by atoms with Crippen LogP contribution in [0.5, 0.6) is 0 Å². The van der Waals surface area contributed by atoms with Gasteiger partial charge >= 0.3 is 0 Å². The number of rotatable bonds is 2. The van der Waals surface area contributed by atoms with E-state index in [1.54, 1.807) is 11.8 Å². The molecule has 0 aromatic carbocycles. The second kappa shape index (κ2) is 4.44. The Balaban J connectivity index is 3.62. The third-order valence-corrected chi connectivity index (χ3v) is 1.26. The van der Waals surface area contributed by atoms with Crippen molar-refractivity contribution >= 4 is 17.7 Å². The van der Waals surface area contributed by atoms with E-state index in [4.69, 9.17) is 0 Å². The molecule has 0 aliphatic carbocycles. The standard InChI is InChI=1S/C6H11NOS/c1-5(4-9-3)7-6(2)8/h4H,1-3H3,(H,7,8)/b5-4-. The van der Waals surface area contributed by atoms with Gasteiger partial charge in [-0.15, -0.1) is 11.8 Å². The summed E-state index contributed by atoms with van der Waals surface area (Å²) in [5.41, 5.74) is 0.898. The van der Waals surface area contributed by atoms with Crippen LogP contribution in [0.1, 0.15) is 13.8 Å². The molecular weight excluding hydrogens is 134 g/mol. The van der Waals surface area contributed by atoms with Crippen molar-refractivity contribution in [3.8, 4) is 0 Å². The van der Waals surface area contributed by atoms with Crippen LogP contribution in [0.25, 0.3) is 0 Å². The highest BCUT2D eigenvalue weighted by Gasteiger charge is 1.88. The molecule has 3 heteroatoms. The molecule has 1 N–H and O–H groups in total. The van der Waals surface area contributed by atoms with E-state index in [2.05, 4.69) is 5.32 Å². The Kier molecular flexibility index (Phi) is 4.22. The molecular formula is C6H11NOS. The van der Waals surface area contributed by atoms with Crippen molar-refractivity contribution in [3.05, 3.63) is 11.1 Å². The minimum absolute atomic E-state index is 0.0159. The number of hydrogen-bond donors (Lipinski definition) is 1. The third-order valence-electron chi connectivity index (χ3n) is 0.668. The summed E-state index contributed by atoms with van der Waals surface area (Å²) in [6.07, 6.45) is 1.95. The van der Waals surface area contributed by atoms with Crippen LogP contribution in [0.3, 0.4) is 0 Å². The lowest BCUT2D eigenvalue weighted by atomic mass is 10.5. The van der Waals surface area contributed by atoms with E-state index in [0.717, 1.165) is 5.70 Å². The molecule has 0 heterocycles. The Hall–Kier alpha value is -0.440. The molecule has 0 fully saturated rings. The van der Waals surface area contributed by atoms with Crippen LogP contribution in [-0.4, -0.2) is 12.2 Å². The van der Waals surface area contributed by atoms with Crippen LogP contribution in [0.2, 0.25) is 0 Å². The SMILES string of the molecule is CS/C=C(/C)NC(C)=O. The molecule has 2 nitrogen and oxygen atoms in total. The highest BCUT2D eigenvalue weighted by Crippen LogP contribution is 1.97. The molecule has 0 rings (SSSR count). The van der Waals surface area contributed by atoms with Gasteiger partial charge in [0.1, 0.15) is 0 Å². The maximum Gasteiger partial charge on any atom is 0.221 e. The Labute approximate surface area is 59.7 Å². The van der Waals surface area contributed by atoms with Crippen LogP contribution in [-0.2, 0) is 4.79 Å². The molecule has 0 saturated heterocycles. The predicted molar refractivity (Wildman–Crippen MR) is 41.1 cm³/mol. The maximum atomic E-state index is 10.4. The van der Waals surface area contributed by atoms with E-state index < -0.39 is 0 Å². The number of allylic oxidation sites excluding steroid dienone is 1. The Morgan fingerprint density at radius 2 is 2.11 bits per heavy atom. The maximum absolute atomic E-state index is 10.4. The predicted octanol–water partition coefficient (Wildman–Crippen LogP) is 1.35. The molecule has 0 aliphatic rings. The summed E-state index contributed by atoms with van der Waals surface area (Å²) in [5.74, 6) is -0.0159. The fraction of sp³-hybridized carbons (Fsp3) is 0.500. The van der Waals surface area contributed by atoms with Crippen molar-refractivity contribution in [2.24, 2.45) is 0 Å². The van der Waals surface area contributed by atoms with E-state index in [0.29, 0.717) is 0 Å². The number of thioether (sulfide) groups is 1. The molecule has 0 atom stereocenters. The summed E-state index contributed by atoms with van der Waals surface area (Å²) in [6, 6.07) is 0. The van der Waals surface area contributed by atoms with Crippen LogP contribution in [0.15, 0.2) is 11.1 Å². The summed E-state index contributed by atoms with van der Waals surface area (Å²) >= 11 is 1.57. The summed E-state index contributed by atoms with van der Waals surface area (Å²) in [5, 5.41) is 4.54. The second-order valence-corrected chi connectivity index (χ2v) is 2.42. The summed E-state index contributed by atoms with van der Waals surface area (Å²) < 4.78 is 0. The topological polar surface area (TPSA) is 29.1 Å².